The molecule has 2 heterocycles. The highest BCUT2D eigenvalue weighted by atomic mass is 32.1. The molecule has 0 N–H and O–H groups in total. The molecule has 0 radical (unpaired) electrons. The molecule has 0 atom stereocenters. The summed E-state index contributed by atoms with van der Waals surface area (Å²) in [5.41, 5.74) is 2.94. The summed E-state index contributed by atoms with van der Waals surface area (Å²) < 4.78 is 13.4. The zero-order valence-electron chi connectivity index (χ0n) is 18.4. The quantitative estimate of drug-likeness (QED) is 0.401. The molecule has 32 heavy (non-hydrogen) atoms. The SMILES string of the molecule is CCCOc1ccc(C=c2sc3nc(C=Cc4ccc(C)cc4)nn3c2=O)cc1OCC. The van der Waals surface area contributed by atoms with Crippen molar-refractivity contribution in [1.82, 2.24) is 14.6 Å². The zero-order chi connectivity index (χ0) is 22.5. The molecule has 2 aromatic carbocycles. The summed E-state index contributed by atoms with van der Waals surface area (Å²) in [7, 11) is 0. The molecule has 2 aromatic heterocycles. The standard InChI is InChI=1S/C25H25N3O3S/c1-4-14-31-20-12-10-19(15-21(20)30-5-2)16-22-24(29)28-25(32-22)26-23(27-28)13-11-18-8-6-17(3)7-9-18/h6-13,15-16H,4-5,14H2,1-3H3. The Morgan fingerprint density at radius 3 is 2.50 bits per heavy atom. The fraction of sp³-hybridized carbons (Fsp3) is 0.240. The highest BCUT2D eigenvalue weighted by Gasteiger charge is 2.10. The van der Waals surface area contributed by atoms with E-state index in [-0.39, 0.29) is 5.56 Å². The van der Waals surface area contributed by atoms with Crippen LogP contribution >= 0.6 is 11.3 Å². The Morgan fingerprint density at radius 2 is 1.78 bits per heavy atom. The molecule has 4 aromatic rings. The second-order valence-corrected chi connectivity index (χ2v) is 8.32. The minimum Gasteiger partial charge on any atom is -0.490 e. The molecule has 0 aliphatic rings. The van der Waals surface area contributed by atoms with E-state index < -0.39 is 0 Å². The average Bonchev–Trinajstić information content (AvgIpc) is 3.32. The monoisotopic (exact) mass is 447 g/mol. The normalized spacial score (nSPS) is 12.2. The first-order chi connectivity index (χ1) is 15.6. The summed E-state index contributed by atoms with van der Waals surface area (Å²) in [6.45, 7) is 7.20. The Hall–Kier alpha value is -3.45. The molecule has 0 saturated carbocycles. The molecule has 0 aliphatic carbocycles. The van der Waals surface area contributed by atoms with Gasteiger partial charge in [0.05, 0.1) is 17.7 Å². The predicted molar refractivity (Wildman–Crippen MR) is 129 cm³/mol. The number of benzene rings is 2. The molecule has 6 nitrogen and oxygen atoms in total. The van der Waals surface area contributed by atoms with E-state index in [9.17, 15) is 4.79 Å². The van der Waals surface area contributed by atoms with E-state index in [1.165, 1.54) is 21.4 Å². The zero-order valence-corrected chi connectivity index (χ0v) is 19.2. The van der Waals surface area contributed by atoms with Crippen LogP contribution < -0.4 is 19.6 Å². The smallest absolute Gasteiger partial charge is 0.291 e. The van der Waals surface area contributed by atoms with Gasteiger partial charge < -0.3 is 9.47 Å². The molecule has 0 bridgehead atoms. The van der Waals surface area contributed by atoms with Crippen LogP contribution in [0.5, 0.6) is 11.5 Å². The molecular weight excluding hydrogens is 422 g/mol. The van der Waals surface area contributed by atoms with Gasteiger partial charge >= 0.3 is 0 Å². The summed E-state index contributed by atoms with van der Waals surface area (Å²) in [4.78, 5) is 17.9. The third-order valence-corrected chi connectivity index (χ3v) is 5.69. The maximum Gasteiger partial charge on any atom is 0.291 e. The minimum atomic E-state index is -0.184. The summed E-state index contributed by atoms with van der Waals surface area (Å²) in [5, 5.41) is 4.35. The summed E-state index contributed by atoms with van der Waals surface area (Å²) in [5.74, 6) is 1.89. The minimum absolute atomic E-state index is 0.184. The summed E-state index contributed by atoms with van der Waals surface area (Å²) in [6, 6.07) is 13.9. The van der Waals surface area contributed by atoms with E-state index in [0.717, 1.165) is 17.5 Å². The van der Waals surface area contributed by atoms with E-state index in [2.05, 4.69) is 36.1 Å². The molecule has 4 rings (SSSR count). The van der Waals surface area contributed by atoms with Crippen LogP contribution in [0.4, 0.5) is 0 Å². The van der Waals surface area contributed by atoms with Gasteiger partial charge in [0.2, 0.25) is 4.96 Å². The van der Waals surface area contributed by atoms with Gasteiger partial charge in [-0.15, -0.1) is 5.10 Å². The van der Waals surface area contributed by atoms with Crippen molar-refractivity contribution in [3.63, 3.8) is 0 Å². The van der Waals surface area contributed by atoms with E-state index in [4.69, 9.17) is 9.47 Å². The van der Waals surface area contributed by atoms with Crippen LogP contribution in [0.1, 0.15) is 42.8 Å². The lowest BCUT2D eigenvalue weighted by Crippen LogP contribution is -2.23. The summed E-state index contributed by atoms with van der Waals surface area (Å²) in [6.07, 6.45) is 6.50. The third-order valence-electron chi connectivity index (χ3n) is 4.73. The van der Waals surface area contributed by atoms with Crippen LogP contribution in [0.2, 0.25) is 0 Å². The van der Waals surface area contributed by atoms with Crippen molar-refractivity contribution in [2.45, 2.75) is 27.2 Å². The lowest BCUT2D eigenvalue weighted by atomic mass is 10.1. The van der Waals surface area contributed by atoms with E-state index >= 15 is 0 Å². The highest BCUT2D eigenvalue weighted by Crippen LogP contribution is 2.29. The fourth-order valence-electron chi connectivity index (χ4n) is 3.13. The van der Waals surface area contributed by atoms with Gasteiger partial charge in [0.1, 0.15) is 0 Å². The molecule has 0 fully saturated rings. The van der Waals surface area contributed by atoms with Crippen molar-refractivity contribution in [2.24, 2.45) is 0 Å². The second-order valence-electron chi connectivity index (χ2n) is 7.31. The van der Waals surface area contributed by atoms with Gasteiger partial charge in [0, 0.05) is 0 Å². The topological polar surface area (TPSA) is 65.7 Å². The number of nitrogens with zero attached hydrogens (tertiary/aromatic N) is 3. The van der Waals surface area contributed by atoms with Gasteiger partial charge in [-0.25, -0.2) is 0 Å². The largest absolute Gasteiger partial charge is 0.490 e. The molecule has 0 spiro atoms. The van der Waals surface area contributed by atoms with Crippen molar-refractivity contribution >= 4 is 34.5 Å². The fourth-order valence-corrected chi connectivity index (χ4v) is 4.05. The lowest BCUT2D eigenvalue weighted by molar-refractivity contribution is 0.277. The average molecular weight is 448 g/mol. The predicted octanol–water partition coefficient (Wildman–Crippen LogP) is 4.37. The van der Waals surface area contributed by atoms with Gasteiger partial charge in [-0.2, -0.15) is 9.50 Å². The molecule has 0 aliphatic heterocycles. The van der Waals surface area contributed by atoms with Crippen molar-refractivity contribution < 1.29 is 9.47 Å². The maximum atomic E-state index is 12.8. The number of hydrogen-bond donors (Lipinski definition) is 0. The van der Waals surface area contributed by atoms with Crippen LogP contribution in [0.25, 0.3) is 23.2 Å². The number of hydrogen-bond acceptors (Lipinski definition) is 6. The van der Waals surface area contributed by atoms with Crippen LogP contribution in [0.15, 0.2) is 47.3 Å². The first-order valence-electron chi connectivity index (χ1n) is 10.6. The van der Waals surface area contributed by atoms with Gasteiger partial charge in [-0.1, -0.05) is 60.2 Å². The van der Waals surface area contributed by atoms with Crippen LogP contribution in [-0.2, 0) is 0 Å². The van der Waals surface area contributed by atoms with Gasteiger partial charge in [0.25, 0.3) is 5.56 Å². The van der Waals surface area contributed by atoms with Crippen molar-refractivity contribution in [2.75, 3.05) is 13.2 Å². The van der Waals surface area contributed by atoms with Gasteiger partial charge in [-0.05, 0) is 55.7 Å². The van der Waals surface area contributed by atoms with Gasteiger partial charge in [-0.3, -0.25) is 4.79 Å². The highest BCUT2D eigenvalue weighted by molar-refractivity contribution is 7.15. The molecular formula is C25H25N3O3S. The Bertz CT molecular complexity index is 1350. The number of rotatable bonds is 8. The number of thiazole rings is 1. The number of aryl methyl sites for hydroxylation is 1. The Labute approximate surface area is 190 Å². The molecule has 0 saturated heterocycles. The Balaban J connectivity index is 1.61. The Kier molecular flexibility index (Phi) is 6.66. The first kappa shape index (κ1) is 21.8. The molecule has 164 valence electrons. The van der Waals surface area contributed by atoms with E-state index in [0.29, 0.717) is 40.0 Å². The third kappa shape index (κ3) is 4.89. The Morgan fingerprint density at radius 1 is 1.00 bits per heavy atom. The molecule has 0 amide bonds. The molecule has 7 heteroatoms. The first-order valence-corrected chi connectivity index (χ1v) is 11.4. The van der Waals surface area contributed by atoms with Crippen LogP contribution in [0.3, 0.4) is 0 Å². The lowest BCUT2D eigenvalue weighted by Gasteiger charge is -2.11. The molecule has 0 unspecified atom stereocenters. The van der Waals surface area contributed by atoms with Crippen molar-refractivity contribution in [1.29, 1.82) is 0 Å². The van der Waals surface area contributed by atoms with Crippen molar-refractivity contribution in [3.8, 4) is 11.5 Å². The van der Waals surface area contributed by atoms with Crippen LogP contribution in [-0.4, -0.2) is 27.8 Å². The maximum absolute atomic E-state index is 12.8. The van der Waals surface area contributed by atoms with E-state index in [1.807, 2.05) is 55.5 Å². The van der Waals surface area contributed by atoms with E-state index in [1.54, 1.807) is 0 Å². The summed E-state index contributed by atoms with van der Waals surface area (Å²) >= 11 is 1.32. The number of aromatic nitrogens is 3. The number of fused-ring (bicyclic) bond motifs is 1. The van der Waals surface area contributed by atoms with Gasteiger partial charge in [0.15, 0.2) is 17.3 Å². The van der Waals surface area contributed by atoms with Crippen LogP contribution in [0, 0.1) is 6.92 Å². The number of ether oxygens (including phenoxy) is 2. The second kappa shape index (κ2) is 9.78. The van der Waals surface area contributed by atoms with Crippen molar-refractivity contribution in [3.05, 3.63) is 79.9 Å².